The van der Waals surface area contributed by atoms with Crippen molar-refractivity contribution in [3.05, 3.63) is 42.6 Å². The van der Waals surface area contributed by atoms with Crippen molar-refractivity contribution in [1.29, 1.82) is 5.26 Å². The van der Waals surface area contributed by atoms with Crippen LogP contribution in [0.1, 0.15) is 5.56 Å². The number of pyridine rings is 1. The highest BCUT2D eigenvalue weighted by molar-refractivity contribution is 9.10. The van der Waals surface area contributed by atoms with Crippen LogP contribution in [0.3, 0.4) is 0 Å². The highest BCUT2D eigenvalue weighted by Crippen LogP contribution is 2.34. The van der Waals surface area contributed by atoms with Crippen molar-refractivity contribution in [3.8, 4) is 6.07 Å². The van der Waals surface area contributed by atoms with E-state index in [0.29, 0.717) is 20.4 Å². The predicted molar refractivity (Wildman–Crippen MR) is 67.0 cm³/mol. The van der Waals surface area contributed by atoms with Gasteiger partial charge in [-0.2, -0.15) is 5.26 Å². The van der Waals surface area contributed by atoms with Crippen molar-refractivity contribution in [2.75, 3.05) is 0 Å². The van der Waals surface area contributed by atoms with Crippen LogP contribution in [-0.2, 0) is 0 Å². The Morgan fingerprint density at radius 2 is 2.06 bits per heavy atom. The highest BCUT2D eigenvalue weighted by Gasteiger charge is 2.12. The van der Waals surface area contributed by atoms with Gasteiger partial charge < -0.3 is 4.98 Å². The number of halogens is 3. The number of hydrogen-bond donors (Lipinski definition) is 1. The standard InChI is InChI=1S/C10H3BrCl2N2O/c11-6-1-5-9(8(13)7(6)12)15-3-4(2-14)10(5)16/h1,3H,(H,15,16). The highest BCUT2D eigenvalue weighted by atomic mass is 79.9. The van der Waals surface area contributed by atoms with E-state index in [9.17, 15) is 4.79 Å². The maximum Gasteiger partial charge on any atom is 0.207 e. The summed E-state index contributed by atoms with van der Waals surface area (Å²) in [6.45, 7) is 0. The molecule has 1 aromatic heterocycles. The summed E-state index contributed by atoms with van der Waals surface area (Å²) >= 11 is 15.1. The summed E-state index contributed by atoms with van der Waals surface area (Å²) in [6, 6.07) is 3.35. The summed E-state index contributed by atoms with van der Waals surface area (Å²) in [6.07, 6.45) is 1.32. The van der Waals surface area contributed by atoms with Crippen molar-refractivity contribution in [3.63, 3.8) is 0 Å². The lowest BCUT2D eigenvalue weighted by Gasteiger charge is -2.04. The van der Waals surface area contributed by atoms with E-state index in [1.165, 1.54) is 6.20 Å². The Hall–Kier alpha value is -1.02. The maximum atomic E-state index is 11.8. The topological polar surface area (TPSA) is 56.6 Å². The van der Waals surface area contributed by atoms with E-state index >= 15 is 0 Å². The van der Waals surface area contributed by atoms with Gasteiger partial charge in [0.15, 0.2) is 0 Å². The molecule has 0 amide bonds. The number of rotatable bonds is 0. The van der Waals surface area contributed by atoms with Crippen LogP contribution in [0, 0.1) is 11.3 Å². The molecule has 6 heteroatoms. The first-order chi connectivity index (χ1) is 7.56. The number of fused-ring (bicyclic) bond motifs is 1. The smallest absolute Gasteiger partial charge is 0.207 e. The Morgan fingerprint density at radius 1 is 1.38 bits per heavy atom. The van der Waals surface area contributed by atoms with E-state index in [1.54, 1.807) is 12.1 Å². The number of nitrogens with one attached hydrogen (secondary N) is 1. The van der Waals surface area contributed by atoms with Gasteiger partial charge in [0.1, 0.15) is 11.6 Å². The molecule has 0 radical (unpaired) electrons. The first kappa shape index (κ1) is 11.5. The molecule has 80 valence electrons. The minimum absolute atomic E-state index is 0.0396. The largest absolute Gasteiger partial charge is 0.358 e. The molecule has 2 rings (SSSR count). The summed E-state index contributed by atoms with van der Waals surface area (Å²) in [7, 11) is 0. The van der Waals surface area contributed by atoms with Crippen molar-refractivity contribution < 1.29 is 0 Å². The Kier molecular flexibility index (Phi) is 2.94. The molecule has 0 unspecified atom stereocenters. The van der Waals surface area contributed by atoms with Crippen molar-refractivity contribution >= 4 is 50.0 Å². The molecule has 0 bridgehead atoms. The maximum absolute atomic E-state index is 11.8. The summed E-state index contributed by atoms with van der Waals surface area (Å²) in [4.78, 5) is 14.6. The molecule has 0 aliphatic carbocycles. The van der Waals surface area contributed by atoms with Crippen LogP contribution in [0.25, 0.3) is 10.9 Å². The van der Waals surface area contributed by atoms with Crippen LogP contribution < -0.4 is 5.43 Å². The second kappa shape index (κ2) is 4.10. The fourth-order valence-electron chi connectivity index (χ4n) is 1.35. The second-order valence-electron chi connectivity index (χ2n) is 3.05. The molecule has 16 heavy (non-hydrogen) atoms. The number of H-pyrrole nitrogens is 1. The third kappa shape index (κ3) is 1.61. The lowest BCUT2D eigenvalue weighted by molar-refractivity contribution is 1.34. The SMILES string of the molecule is N#Cc1c[nH]c2c(Cl)c(Cl)c(Br)cc2c1=O. The van der Waals surface area contributed by atoms with Crippen molar-refractivity contribution in [1.82, 2.24) is 4.98 Å². The molecule has 0 fully saturated rings. The number of benzene rings is 1. The van der Waals surface area contributed by atoms with E-state index < -0.39 is 0 Å². The van der Waals surface area contributed by atoms with Gasteiger partial charge in [0.05, 0.1) is 15.6 Å². The van der Waals surface area contributed by atoms with Gasteiger partial charge in [-0.3, -0.25) is 4.79 Å². The predicted octanol–water partition coefficient (Wildman–Crippen LogP) is 3.47. The summed E-state index contributed by atoms with van der Waals surface area (Å²) in [5.41, 5.74) is 0.104. The van der Waals surface area contributed by atoms with Crippen LogP contribution >= 0.6 is 39.1 Å². The lowest BCUT2D eigenvalue weighted by Crippen LogP contribution is -2.07. The van der Waals surface area contributed by atoms with Crippen molar-refractivity contribution in [2.24, 2.45) is 0 Å². The van der Waals surface area contributed by atoms with E-state index in [0.717, 1.165) is 0 Å². The van der Waals surface area contributed by atoms with Gasteiger partial charge in [-0.1, -0.05) is 23.2 Å². The van der Waals surface area contributed by atoms with E-state index in [2.05, 4.69) is 20.9 Å². The summed E-state index contributed by atoms with van der Waals surface area (Å²) < 4.78 is 0.521. The zero-order valence-corrected chi connectivity index (χ0v) is 10.7. The zero-order valence-electron chi connectivity index (χ0n) is 7.64. The average Bonchev–Trinajstić information content (AvgIpc) is 2.28. The first-order valence-electron chi connectivity index (χ1n) is 4.15. The number of nitriles is 1. The minimum atomic E-state index is -0.365. The van der Waals surface area contributed by atoms with Gasteiger partial charge in [0.2, 0.25) is 5.43 Å². The van der Waals surface area contributed by atoms with Gasteiger partial charge in [0.25, 0.3) is 0 Å². The Labute approximate surface area is 109 Å². The molecule has 0 spiro atoms. The van der Waals surface area contributed by atoms with Crippen molar-refractivity contribution in [2.45, 2.75) is 0 Å². The van der Waals surface area contributed by atoms with Gasteiger partial charge in [-0.15, -0.1) is 0 Å². The minimum Gasteiger partial charge on any atom is -0.358 e. The van der Waals surface area contributed by atoms with E-state index in [4.69, 9.17) is 28.5 Å². The monoisotopic (exact) mass is 316 g/mol. The first-order valence-corrected chi connectivity index (χ1v) is 5.70. The molecule has 2 aromatic rings. The normalized spacial score (nSPS) is 10.4. The number of hydrogen-bond acceptors (Lipinski definition) is 2. The van der Waals surface area contributed by atoms with Gasteiger partial charge >= 0.3 is 0 Å². The molecule has 0 aliphatic heterocycles. The fourth-order valence-corrected chi connectivity index (χ4v) is 2.30. The molecule has 0 saturated heterocycles. The number of aromatic amines is 1. The van der Waals surface area contributed by atoms with Gasteiger partial charge in [-0.05, 0) is 22.0 Å². The molecule has 0 atom stereocenters. The van der Waals surface area contributed by atoms with Gasteiger partial charge in [-0.25, -0.2) is 0 Å². The summed E-state index contributed by atoms with van der Waals surface area (Å²) in [5.74, 6) is 0. The molecular weight excluding hydrogens is 315 g/mol. The molecule has 3 nitrogen and oxygen atoms in total. The van der Waals surface area contributed by atoms with Crippen LogP contribution in [0.4, 0.5) is 0 Å². The van der Waals surface area contributed by atoms with Crippen LogP contribution in [0.2, 0.25) is 10.0 Å². The third-order valence-electron chi connectivity index (χ3n) is 2.13. The van der Waals surface area contributed by atoms with Crippen LogP contribution in [0.15, 0.2) is 21.5 Å². The molecule has 1 N–H and O–H groups in total. The molecule has 0 aliphatic rings. The van der Waals surface area contributed by atoms with Crippen LogP contribution in [0.5, 0.6) is 0 Å². The quantitative estimate of drug-likeness (QED) is 0.756. The molecule has 0 saturated carbocycles. The summed E-state index contributed by atoms with van der Waals surface area (Å²) in [5, 5.41) is 9.65. The number of aromatic nitrogens is 1. The lowest BCUT2D eigenvalue weighted by atomic mass is 10.1. The fraction of sp³-hybridized carbons (Fsp3) is 0. The van der Waals surface area contributed by atoms with E-state index in [-0.39, 0.29) is 16.0 Å². The van der Waals surface area contributed by atoms with Gasteiger partial charge in [0, 0.05) is 16.1 Å². The number of nitrogens with zero attached hydrogens (tertiary/aromatic N) is 1. The molecule has 1 heterocycles. The van der Waals surface area contributed by atoms with Crippen LogP contribution in [-0.4, -0.2) is 4.98 Å². The Bertz CT molecular complexity index is 688. The average molecular weight is 318 g/mol. The van der Waals surface area contributed by atoms with E-state index in [1.807, 2.05) is 0 Å². The molecular formula is C10H3BrCl2N2O. The molecule has 1 aromatic carbocycles. The Morgan fingerprint density at radius 3 is 2.69 bits per heavy atom. The zero-order chi connectivity index (χ0) is 11.9. The second-order valence-corrected chi connectivity index (χ2v) is 4.66. The Balaban J connectivity index is 3.04. The third-order valence-corrected chi connectivity index (χ3v) is 3.85.